The number of rotatable bonds is 4. The number of hydrogen-bond donors (Lipinski definition) is 2. The molecule has 4 heteroatoms. The first kappa shape index (κ1) is 14.1. The lowest BCUT2D eigenvalue weighted by atomic mass is 10.1. The average Bonchev–Trinajstić information content (AvgIpc) is 2.40. The van der Waals surface area contributed by atoms with Crippen LogP contribution in [-0.4, -0.2) is 12.9 Å². The molecule has 2 rings (SSSR count). The number of nitrogens with zero attached hydrogens (tertiary/aromatic N) is 1. The molecule has 3 N–H and O–H groups in total. The molecule has 0 aliphatic rings. The molecule has 0 unspecified atom stereocenters. The maximum Gasteiger partial charge on any atom is 0.123 e. The number of aryl methyl sites for hydroxylation is 1. The quantitative estimate of drug-likeness (QED) is 0.663. The van der Waals surface area contributed by atoms with Crippen LogP contribution in [0.2, 0.25) is 0 Å². The summed E-state index contributed by atoms with van der Waals surface area (Å²) in [4.78, 5) is 2.07. The van der Waals surface area contributed by atoms with Crippen LogP contribution in [0.25, 0.3) is 0 Å². The third-order valence-corrected chi connectivity index (χ3v) is 3.27. The van der Waals surface area contributed by atoms with Crippen LogP contribution in [0, 0.1) is 18.2 Å². The Morgan fingerprint density at radius 2 is 1.85 bits per heavy atom. The maximum absolute atomic E-state index is 12.9. The Labute approximate surface area is 118 Å². The van der Waals surface area contributed by atoms with Crippen molar-refractivity contribution < 1.29 is 4.39 Å². The van der Waals surface area contributed by atoms with Crippen molar-refractivity contribution in [3.05, 3.63) is 65.0 Å². The highest BCUT2D eigenvalue weighted by atomic mass is 19.1. The first-order valence-corrected chi connectivity index (χ1v) is 6.38. The predicted molar refractivity (Wildman–Crippen MR) is 80.7 cm³/mol. The van der Waals surface area contributed by atoms with Crippen LogP contribution in [-0.2, 0) is 6.54 Å². The van der Waals surface area contributed by atoms with Crippen LogP contribution < -0.4 is 10.6 Å². The van der Waals surface area contributed by atoms with Crippen molar-refractivity contribution in [2.24, 2.45) is 5.73 Å². The number of nitrogens with two attached hydrogens (primary N) is 1. The van der Waals surface area contributed by atoms with E-state index in [4.69, 9.17) is 11.1 Å². The lowest BCUT2D eigenvalue weighted by Crippen LogP contribution is -2.18. The van der Waals surface area contributed by atoms with Gasteiger partial charge in [-0.05, 0) is 48.4 Å². The summed E-state index contributed by atoms with van der Waals surface area (Å²) >= 11 is 0. The van der Waals surface area contributed by atoms with E-state index in [1.54, 1.807) is 12.1 Å². The molecule has 2 aromatic rings. The number of halogens is 1. The zero-order valence-corrected chi connectivity index (χ0v) is 11.7. The summed E-state index contributed by atoms with van der Waals surface area (Å²) in [6.07, 6.45) is 0. The molecule has 0 fully saturated rings. The van der Waals surface area contributed by atoms with Gasteiger partial charge in [0.15, 0.2) is 0 Å². The highest BCUT2D eigenvalue weighted by Gasteiger charge is 2.06. The Kier molecular flexibility index (Phi) is 4.03. The lowest BCUT2D eigenvalue weighted by molar-refractivity contribution is 0.627. The molecular formula is C16H18FN3. The first-order valence-electron chi connectivity index (χ1n) is 6.38. The van der Waals surface area contributed by atoms with Crippen molar-refractivity contribution in [2.45, 2.75) is 13.5 Å². The van der Waals surface area contributed by atoms with Crippen LogP contribution in [0.4, 0.5) is 10.1 Å². The number of nitrogen functional groups attached to an aromatic ring is 1. The van der Waals surface area contributed by atoms with Gasteiger partial charge in [0.1, 0.15) is 11.7 Å². The van der Waals surface area contributed by atoms with Gasteiger partial charge in [-0.25, -0.2) is 4.39 Å². The van der Waals surface area contributed by atoms with Crippen LogP contribution in [0.1, 0.15) is 16.7 Å². The van der Waals surface area contributed by atoms with Gasteiger partial charge in [-0.3, -0.25) is 5.41 Å². The van der Waals surface area contributed by atoms with Crippen LogP contribution >= 0.6 is 0 Å². The predicted octanol–water partition coefficient (Wildman–Crippen LogP) is 3.05. The minimum absolute atomic E-state index is 0.0789. The molecule has 0 aromatic heterocycles. The molecular weight excluding hydrogens is 253 g/mol. The van der Waals surface area contributed by atoms with E-state index in [9.17, 15) is 4.39 Å². The highest BCUT2D eigenvalue weighted by Crippen LogP contribution is 2.20. The number of anilines is 1. The Morgan fingerprint density at radius 3 is 2.40 bits per heavy atom. The maximum atomic E-state index is 12.9. The Bertz CT molecular complexity index is 620. The number of benzene rings is 2. The number of amidine groups is 1. The van der Waals surface area contributed by atoms with Gasteiger partial charge >= 0.3 is 0 Å². The second-order valence-corrected chi connectivity index (χ2v) is 4.90. The van der Waals surface area contributed by atoms with E-state index in [0.717, 1.165) is 22.4 Å². The van der Waals surface area contributed by atoms with E-state index < -0.39 is 0 Å². The summed E-state index contributed by atoms with van der Waals surface area (Å²) in [6, 6.07) is 12.3. The van der Waals surface area contributed by atoms with Crippen molar-refractivity contribution in [1.82, 2.24) is 0 Å². The third-order valence-electron chi connectivity index (χ3n) is 3.27. The molecule has 3 nitrogen and oxygen atoms in total. The van der Waals surface area contributed by atoms with E-state index >= 15 is 0 Å². The Morgan fingerprint density at radius 1 is 1.20 bits per heavy atom. The van der Waals surface area contributed by atoms with E-state index in [0.29, 0.717) is 6.54 Å². The first-order chi connectivity index (χ1) is 9.47. The minimum atomic E-state index is -0.224. The summed E-state index contributed by atoms with van der Waals surface area (Å²) in [5, 5.41) is 7.48. The van der Waals surface area contributed by atoms with Gasteiger partial charge in [0, 0.05) is 24.8 Å². The fourth-order valence-electron chi connectivity index (χ4n) is 2.14. The lowest BCUT2D eigenvalue weighted by Gasteiger charge is -2.20. The molecule has 0 aliphatic carbocycles. The fraction of sp³-hybridized carbons (Fsp3) is 0.188. The monoisotopic (exact) mass is 271 g/mol. The summed E-state index contributed by atoms with van der Waals surface area (Å²) < 4.78 is 12.9. The largest absolute Gasteiger partial charge is 0.384 e. The van der Waals surface area contributed by atoms with E-state index in [-0.39, 0.29) is 11.7 Å². The molecule has 0 aliphatic heterocycles. The van der Waals surface area contributed by atoms with E-state index in [1.807, 2.05) is 32.2 Å². The summed E-state index contributed by atoms with van der Waals surface area (Å²) in [6.45, 7) is 2.63. The molecule has 0 radical (unpaired) electrons. The normalized spacial score (nSPS) is 10.3. The van der Waals surface area contributed by atoms with E-state index in [1.165, 1.54) is 12.1 Å². The van der Waals surface area contributed by atoms with E-state index in [2.05, 4.69) is 4.90 Å². The second-order valence-electron chi connectivity index (χ2n) is 4.90. The van der Waals surface area contributed by atoms with Gasteiger partial charge in [-0.15, -0.1) is 0 Å². The van der Waals surface area contributed by atoms with Crippen LogP contribution in [0.5, 0.6) is 0 Å². The molecule has 0 heterocycles. The zero-order chi connectivity index (χ0) is 14.7. The number of nitrogens with one attached hydrogen (secondary N) is 1. The zero-order valence-electron chi connectivity index (χ0n) is 11.7. The standard InChI is InChI=1S/C16H18FN3/c1-11-9-14(7-8-15(11)16(18)19)20(2)10-12-3-5-13(17)6-4-12/h3-9H,10H2,1-2H3,(H3,18,19). The molecule has 0 saturated carbocycles. The Balaban J connectivity index is 2.17. The molecule has 0 spiro atoms. The summed E-state index contributed by atoms with van der Waals surface area (Å²) in [7, 11) is 1.98. The number of hydrogen-bond acceptors (Lipinski definition) is 2. The molecule has 20 heavy (non-hydrogen) atoms. The van der Waals surface area contributed by atoms with Gasteiger partial charge in [0.2, 0.25) is 0 Å². The molecule has 0 bridgehead atoms. The summed E-state index contributed by atoms with van der Waals surface area (Å²) in [5.41, 5.74) is 9.32. The van der Waals surface area contributed by atoms with Crippen molar-refractivity contribution in [1.29, 1.82) is 5.41 Å². The minimum Gasteiger partial charge on any atom is -0.384 e. The van der Waals surface area contributed by atoms with Gasteiger partial charge in [-0.2, -0.15) is 0 Å². The second kappa shape index (κ2) is 5.74. The molecule has 2 aromatic carbocycles. The Hall–Kier alpha value is -2.36. The van der Waals surface area contributed by atoms with Crippen molar-refractivity contribution in [3.8, 4) is 0 Å². The van der Waals surface area contributed by atoms with Crippen molar-refractivity contribution in [2.75, 3.05) is 11.9 Å². The summed E-state index contributed by atoms with van der Waals surface area (Å²) in [5.74, 6) is -0.145. The SMILES string of the molecule is Cc1cc(N(C)Cc2ccc(F)cc2)ccc1C(=N)N. The van der Waals surface area contributed by atoms with Gasteiger partial charge in [-0.1, -0.05) is 12.1 Å². The fourth-order valence-corrected chi connectivity index (χ4v) is 2.14. The average molecular weight is 271 g/mol. The molecule has 104 valence electrons. The molecule has 0 amide bonds. The van der Waals surface area contributed by atoms with Crippen molar-refractivity contribution in [3.63, 3.8) is 0 Å². The smallest absolute Gasteiger partial charge is 0.123 e. The molecule has 0 atom stereocenters. The van der Waals surface area contributed by atoms with Crippen LogP contribution in [0.3, 0.4) is 0 Å². The van der Waals surface area contributed by atoms with Crippen molar-refractivity contribution >= 4 is 11.5 Å². The van der Waals surface area contributed by atoms with Gasteiger partial charge < -0.3 is 10.6 Å². The molecule has 0 saturated heterocycles. The topological polar surface area (TPSA) is 53.1 Å². The van der Waals surface area contributed by atoms with Gasteiger partial charge in [0.25, 0.3) is 0 Å². The van der Waals surface area contributed by atoms with Crippen LogP contribution in [0.15, 0.2) is 42.5 Å². The third kappa shape index (κ3) is 3.15. The van der Waals surface area contributed by atoms with Gasteiger partial charge in [0.05, 0.1) is 0 Å². The highest BCUT2D eigenvalue weighted by molar-refractivity contribution is 5.96.